The van der Waals surface area contributed by atoms with Crippen molar-refractivity contribution >= 4 is 70.0 Å². The SMILES string of the molecule is Cc1c(N2C(=O)C=CC2=O)ccc(N2C(=O)C=CC2=O)c1C.Cc1cc(N2C(=O)C=CC2=O)ccc1N1C(=O)C=CC1=O. The fraction of sp³-hybridized carbons (Fsp3) is 0.0968. The highest BCUT2D eigenvalue weighted by Crippen LogP contribution is 2.33. The first-order valence-corrected chi connectivity index (χ1v) is 12.9. The molecule has 0 unspecified atom stereocenters. The molecule has 4 heterocycles. The number of carbonyl (C=O) groups excluding carboxylic acids is 8. The normalized spacial score (nSPS) is 17.5. The minimum Gasteiger partial charge on any atom is -0.269 e. The van der Waals surface area contributed by atoms with Crippen LogP contribution in [0.2, 0.25) is 0 Å². The van der Waals surface area contributed by atoms with Gasteiger partial charge in [-0.25, -0.2) is 19.6 Å². The Balaban J connectivity index is 0.000000171. The average molecular weight is 579 g/mol. The van der Waals surface area contributed by atoms with Crippen LogP contribution in [0.25, 0.3) is 0 Å². The standard InChI is InChI=1S/C16H12N2O4.C15H10N2O4/c1-9-10(2)12(18-15(21)7-8-16(18)22)4-3-11(9)17-13(19)5-6-14(17)20;1-9-8-10(16-12(18)4-5-13(16)19)2-3-11(9)17-14(20)6-7-15(17)21/h3-8H,1-2H3;2-8H,1H3. The van der Waals surface area contributed by atoms with Crippen LogP contribution in [0.1, 0.15) is 16.7 Å². The van der Waals surface area contributed by atoms with E-state index in [0.29, 0.717) is 39.4 Å². The smallest absolute Gasteiger partial charge is 0.258 e. The van der Waals surface area contributed by atoms with E-state index in [4.69, 9.17) is 0 Å². The lowest BCUT2D eigenvalue weighted by Crippen LogP contribution is -2.32. The molecule has 0 N–H and O–H groups in total. The molecule has 8 amide bonds. The van der Waals surface area contributed by atoms with Crippen LogP contribution in [-0.4, -0.2) is 47.3 Å². The fourth-order valence-electron chi connectivity index (χ4n) is 4.87. The number of anilines is 4. The molecule has 2 aromatic rings. The first kappa shape index (κ1) is 28.5. The second-order valence-corrected chi connectivity index (χ2v) is 9.71. The van der Waals surface area contributed by atoms with Crippen molar-refractivity contribution in [1.29, 1.82) is 0 Å². The second kappa shape index (κ2) is 10.7. The Labute approximate surface area is 244 Å². The number of benzene rings is 2. The molecule has 0 saturated heterocycles. The summed E-state index contributed by atoms with van der Waals surface area (Å²) in [6.45, 7) is 5.19. The first-order valence-electron chi connectivity index (χ1n) is 12.9. The van der Waals surface area contributed by atoms with Crippen LogP contribution in [-0.2, 0) is 38.4 Å². The molecule has 0 aliphatic carbocycles. The molecular weight excluding hydrogens is 556 g/mol. The molecule has 0 aromatic heterocycles. The summed E-state index contributed by atoms with van der Waals surface area (Å²) >= 11 is 0. The number of hydrogen-bond acceptors (Lipinski definition) is 8. The Hall–Kier alpha value is -6.04. The molecule has 0 bridgehead atoms. The van der Waals surface area contributed by atoms with E-state index in [-0.39, 0.29) is 0 Å². The van der Waals surface area contributed by atoms with Crippen molar-refractivity contribution in [3.8, 4) is 0 Å². The Kier molecular flexibility index (Phi) is 7.12. The van der Waals surface area contributed by atoms with Gasteiger partial charge in [0.25, 0.3) is 47.3 Å². The van der Waals surface area contributed by atoms with Crippen molar-refractivity contribution in [2.45, 2.75) is 20.8 Å². The summed E-state index contributed by atoms with van der Waals surface area (Å²) in [4.78, 5) is 98.0. The van der Waals surface area contributed by atoms with Crippen LogP contribution < -0.4 is 19.6 Å². The van der Waals surface area contributed by atoms with Crippen LogP contribution in [0, 0.1) is 20.8 Å². The fourth-order valence-corrected chi connectivity index (χ4v) is 4.87. The molecule has 4 aliphatic rings. The van der Waals surface area contributed by atoms with Gasteiger partial charge in [-0.3, -0.25) is 38.4 Å². The molecule has 4 aliphatic heterocycles. The number of amides is 8. The monoisotopic (exact) mass is 578 g/mol. The van der Waals surface area contributed by atoms with Crippen molar-refractivity contribution in [3.05, 3.63) is 95.6 Å². The van der Waals surface area contributed by atoms with Gasteiger partial charge in [0, 0.05) is 48.6 Å². The Morgan fingerprint density at radius 2 is 0.651 bits per heavy atom. The van der Waals surface area contributed by atoms with Gasteiger partial charge < -0.3 is 0 Å². The molecule has 0 fully saturated rings. The molecule has 12 heteroatoms. The minimum atomic E-state index is -0.415. The van der Waals surface area contributed by atoms with Crippen LogP contribution in [0.3, 0.4) is 0 Å². The molecule has 6 rings (SSSR count). The maximum absolute atomic E-state index is 11.8. The second-order valence-electron chi connectivity index (χ2n) is 9.71. The molecule has 214 valence electrons. The van der Waals surface area contributed by atoms with E-state index in [0.717, 1.165) is 19.6 Å². The zero-order valence-electron chi connectivity index (χ0n) is 23.1. The minimum absolute atomic E-state index is 0.406. The van der Waals surface area contributed by atoms with Crippen molar-refractivity contribution in [2.24, 2.45) is 0 Å². The van der Waals surface area contributed by atoms with Crippen LogP contribution in [0.4, 0.5) is 22.7 Å². The highest BCUT2D eigenvalue weighted by molar-refractivity contribution is 6.31. The van der Waals surface area contributed by atoms with E-state index in [1.165, 1.54) is 54.7 Å². The number of aryl methyl sites for hydroxylation is 1. The van der Waals surface area contributed by atoms with Crippen LogP contribution in [0.5, 0.6) is 0 Å². The van der Waals surface area contributed by atoms with E-state index in [2.05, 4.69) is 0 Å². The van der Waals surface area contributed by atoms with Crippen LogP contribution >= 0.6 is 0 Å². The highest BCUT2D eigenvalue weighted by atomic mass is 16.2. The van der Waals surface area contributed by atoms with Gasteiger partial charge in [0.15, 0.2) is 0 Å². The molecular formula is C31H22N4O8. The molecule has 43 heavy (non-hydrogen) atoms. The van der Waals surface area contributed by atoms with Gasteiger partial charge in [-0.05, 0) is 67.8 Å². The van der Waals surface area contributed by atoms with Gasteiger partial charge >= 0.3 is 0 Å². The first-order chi connectivity index (χ1) is 20.4. The van der Waals surface area contributed by atoms with Gasteiger partial charge in [0.2, 0.25) is 0 Å². The zero-order valence-corrected chi connectivity index (χ0v) is 23.1. The van der Waals surface area contributed by atoms with Crippen molar-refractivity contribution in [1.82, 2.24) is 0 Å². The van der Waals surface area contributed by atoms with E-state index in [9.17, 15) is 38.4 Å². The van der Waals surface area contributed by atoms with Gasteiger partial charge in [-0.2, -0.15) is 0 Å². The third-order valence-electron chi connectivity index (χ3n) is 7.13. The van der Waals surface area contributed by atoms with E-state index < -0.39 is 47.3 Å². The lowest BCUT2D eigenvalue weighted by Gasteiger charge is -2.23. The third kappa shape index (κ3) is 4.90. The predicted octanol–water partition coefficient (Wildman–Crippen LogP) is 2.02. The van der Waals surface area contributed by atoms with Gasteiger partial charge in [-0.1, -0.05) is 0 Å². The number of carbonyl (C=O) groups is 8. The van der Waals surface area contributed by atoms with E-state index in [1.54, 1.807) is 45.0 Å². The number of imide groups is 4. The lowest BCUT2D eigenvalue weighted by molar-refractivity contribution is -0.121. The zero-order chi connectivity index (χ0) is 31.2. The summed E-state index contributed by atoms with van der Waals surface area (Å²) < 4.78 is 0. The quantitative estimate of drug-likeness (QED) is 0.500. The predicted molar refractivity (Wildman–Crippen MR) is 154 cm³/mol. The summed E-state index contributed by atoms with van der Waals surface area (Å²) in [6.07, 6.45) is 9.64. The largest absolute Gasteiger partial charge is 0.269 e. The van der Waals surface area contributed by atoms with E-state index in [1.807, 2.05) is 0 Å². The Bertz CT molecular complexity index is 1690. The van der Waals surface area contributed by atoms with Gasteiger partial charge in [0.1, 0.15) is 0 Å². The molecule has 0 radical (unpaired) electrons. The summed E-state index contributed by atoms with van der Waals surface area (Å²) in [7, 11) is 0. The maximum Gasteiger partial charge on any atom is 0.258 e. The average Bonchev–Trinajstić information content (AvgIpc) is 3.69. The van der Waals surface area contributed by atoms with Crippen molar-refractivity contribution < 1.29 is 38.4 Å². The third-order valence-corrected chi connectivity index (χ3v) is 7.13. The number of nitrogens with zero attached hydrogens (tertiary/aromatic N) is 4. The summed E-state index contributed by atoms with van der Waals surface area (Å²) in [5.74, 6) is -3.28. The van der Waals surface area contributed by atoms with Gasteiger partial charge in [-0.15, -0.1) is 0 Å². The van der Waals surface area contributed by atoms with Crippen molar-refractivity contribution in [2.75, 3.05) is 19.6 Å². The van der Waals surface area contributed by atoms with E-state index >= 15 is 0 Å². The Morgan fingerprint density at radius 1 is 0.372 bits per heavy atom. The number of hydrogen-bond donors (Lipinski definition) is 0. The molecule has 0 spiro atoms. The molecule has 2 aromatic carbocycles. The maximum atomic E-state index is 11.8. The van der Waals surface area contributed by atoms with Crippen LogP contribution in [0.15, 0.2) is 78.9 Å². The topological polar surface area (TPSA) is 150 Å². The van der Waals surface area contributed by atoms with Gasteiger partial charge in [0.05, 0.1) is 22.7 Å². The molecule has 0 atom stereocenters. The van der Waals surface area contributed by atoms with Crippen molar-refractivity contribution in [3.63, 3.8) is 0 Å². The highest BCUT2D eigenvalue weighted by Gasteiger charge is 2.31. The molecule has 12 nitrogen and oxygen atoms in total. The summed E-state index contributed by atoms with van der Waals surface area (Å²) in [6, 6.07) is 7.81. The number of rotatable bonds is 4. The molecule has 0 saturated carbocycles. The summed E-state index contributed by atoms with van der Waals surface area (Å²) in [5, 5.41) is 0. The Morgan fingerprint density at radius 3 is 0.977 bits per heavy atom. The lowest BCUT2D eigenvalue weighted by atomic mass is 10.0. The summed E-state index contributed by atoms with van der Waals surface area (Å²) in [5.41, 5.74) is 3.69.